The number of likely N-dealkylation sites (N-methyl/N-ethyl adjacent to an activating group) is 1. The van der Waals surface area contributed by atoms with Gasteiger partial charge in [-0.1, -0.05) is 0 Å². The highest BCUT2D eigenvalue weighted by Crippen LogP contribution is 2.14. The SMILES string of the molecule is CCN(C[C@H]1C[C@@H](O)CO1)C(=O)O. The topological polar surface area (TPSA) is 70.0 Å². The molecule has 0 saturated carbocycles. The highest BCUT2D eigenvalue weighted by molar-refractivity contribution is 5.64. The second-order valence-electron chi connectivity index (χ2n) is 3.17. The van der Waals surface area contributed by atoms with E-state index in [1.54, 1.807) is 6.92 Å². The van der Waals surface area contributed by atoms with Gasteiger partial charge in [-0.3, -0.25) is 0 Å². The standard InChI is InChI=1S/C8H15NO4/c1-2-9(8(11)12)4-7-3-6(10)5-13-7/h6-7,10H,2-5H2,1H3,(H,11,12)/t6-,7-/m1/s1. The number of amides is 1. The monoisotopic (exact) mass is 189 g/mol. The second kappa shape index (κ2) is 4.43. The molecule has 1 amide bonds. The number of carbonyl (C=O) groups is 1. The fourth-order valence-electron chi connectivity index (χ4n) is 1.40. The Balaban J connectivity index is 2.34. The van der Waals surface area contributed by atoms with E-state index in [1.807, 2.05) is 0 Å². The van der Waals surface area contributed by atoms with Crippen molar-refractivity contribution in [1.82, 2.24) is 4.90 Å². The summed E-state index contributed by atoms with van der Waals surface area (Å²) in [6.45, 7) is 2.90. The quantitative estimate of drug-likeness (QED) is 0.662. The Hall–Kier alpha value is -0.810. The van der Waals surface area contributed by atoms with E-state index in [-0.39, 0.29) is 6.10 Å². The Kier molecular flexibility index (Phi) is 3.50. The average molecular weight is 189 g/mol. The second-order valence-corrected chi connectivity index (χ2v) is 3.17. The van der Waals surface area contributed by atoms with Crippen molar-refractivity contribution in [3.63, 3.8) is 0 Å². The Labute approximate surface area is 76.9 Å². The van der Waals surface area contributed by atoms with Gasteiger partial charge in [0.05, 0.1) is 25.4 Å². The molecule has 2 atom stereocenters. The molecule has 13 heavy (non-hydrogen) atoms. The van der Waals surface area contributed by atoms with Crippen molar-refractivity contribution in [3.8, 4) is 0 Å². The summed E-state index contributed by atoms with van der Waals surface area (Å²) in [6, 6.07) is 0. The molecule has 0 aromatic rings. The van der Waals surface area contributed by atoms with Crippen LogP contribution >= 0.6 is 0 Å². The zero-order valence-corrected chi connectivity index (χ0v) is 7.64. The highest BCUT2D eigenvalue weighted by atomic mass is 16.5. The van der Waals surface area contributed by atoms with Crippen LogP contribution in [0.2, 0.25) is 0 Å². The van der Waals surface area contributed by atoms with Gasteiger partial charge in [0.1, 0.15) is 0 Å². The third-order valence-corrected chi connectivity index (χ3v) is 2.14. The molecule has 0 bridgehead atoms. The first-order valence-electron chi connectivity index (χ1n) is 4.41. The number of carboxylic acid groups (broad SMARTS) is 1. The van der Waals surface area contributed by atoms with Crippen LogP contribution in [-0.2, 0) is 4.74 Å². The molecule has 1 saturated heterocycles. The van der Waals surface area contributed by atoms with Gasteiger partial charge in [0.25, 0.3) is 0 Å². The normalized spacial score (nSPS) is 27.5. The van der Waals surface area contributed by atoms with Gasteiger partial charge in [0.15, 0.2) is 0 Å². The van der Waals surface area contributed by atoms with Crippen molar-refractivity contribution >= 4 is 6.09 Å². The van der Waals surface area contributed by atoms with Gasteiger partial charge in [-0.25, -0.2) is 4.79 Å². The molecule has 76 valence electrons. The third-order valence-electron chi connectivity index (χ3n) is 2.14. The van der Waals surface area contributed by atoms with Crippen molar-refractivity contribution < 1.29 is 19.7 Å². The average Bonchev–Trinajstić information content (AvgIpc) is 2.46. The first kappa shape index (κ1) is 10.3. The fourth-order valence-corrected chi connectivity index (χ4v) is 1.40. The van der Waals surface area contributed by atoms with E-state index >= 15 is 0 Å². The summed E-state index contributed by atoms with van der Waals surface area (Å²) in [5, 5.41) is 17.8. The first-order chi connectivity index (χ1) is 6.13. The molecule has 1 aliphatic rings. The predicted octanol–water partition coefficient (Wildman–Crippen LogP) is 0.136. The van der Waals surface area contributed by atoms with Gasteiger partial charge in [0.2, 0.25) is 0 Å². The first-order valence-corrected chi connectivity index (χ1v) is 4.41. The summed E-state index contributed by atoms with van der Waals surface area (Å²) < 4.78 is 5.19. The van der Waals surface area contributed by atoms with Crippen LogP contribution in [0.25, 0.3) is 0 Å². The van der Waals surface area contributed by atoms with E-state index in [9.17, 15) is 4.79 Å². The van der Waals surface area contributed by atoms with E-state index in [4.69, 9.17) is 14.9 Å². The van der Waals surface area contributed by atoms with Crippen LogP contribution in [0.5, 0.6) is 0 Å². The maximum absolute atomic E-state index is 10.6. The molecule has 0 aromatic carbocycles. The molecule has 0 aromatic heterocycles. The third kappa shape index (κ3) is 2.86. The summed E-state index contributed by atoms with van der Waals surface area (Å²) in [6.07, 6.45) is -0.986. The van der Waals surface area contributed by atoms with Gasteiger partial charge in [-0.15, -0.1) is 0 Å². The number of hydrogen-bond acceptors (Lipinski definition) is 3. The smallest absolute Gasteiger partial charge is 0.407 e. The summed E-state index contributed by atoms with van der Waals surface area (Å²) in [7, 11) is 0. The predicted molar refractivity (Wildman–Crippen MR) is 45.6 cm³/mol. The van der Waals surface area contributed by atoms with E-state index in [0.717, 1.165) is 0 Å². The van der Waals surface area contributed by atoms with Crippen molar-refractivity contribution in [2.75, 3.05) is 19.7 Å². The molecule has 1 heterocycles. The molecular weight excluding hydrogens is 174 g/mol. The lowest BCUT2D eigenvalue weighted by molar-refractivity contribution is 0.0628. The maximum atomic E-state index is 10.6. The molecule has 2 N–H and O–H groups in total. The summed E-state index contributed by atoms with van der Waals surface area (Å²) >= 11 is 0. The Morgan fingerprint density at radius 2 is 2.38 bits per heavy atom. The van der Waals surface area contributed by atoms with Gasteiger partial charge >= 0.3 is 6.09 Å². The Morgan fingerprint density at radius 1 is 1.69 bits per heavy atom. The molecule has 0 spiro atoms. The van der Waals surface area contributed by atoms with Gasteiger partial charge in [0, 0.05) is 13.0 Å². The minimum atomic E-state index is -0.938. The van der Waals surface area contributed by atoms with Gasteiger partial charge < -0.3 is 19.8 Å². The summed E-state index contributed by atoms with van der Waals surface area (Å²) in [5.74, 6) is 0. The zero-order valence-electron chi connectivity index (χ0n) is 7.64. The summed E-state index contributed by atoms with van der Waals surface area (Å²) in [5.41, 5.74) is 0. The highest BCUT2D eigenvalue weighted by Gasteiger charge is 2.26. The van der Waals surface area contributed by atoms with Crippen molar-refractivity contribution in [2.24, 2.45) is 0 Å². The molecule has 1 fully saturated rings. The Morgan fingerprint density at radius 3 is 2.77 bits per heavy atom. The largest absolute Gasteiger partial charge is 0.465 e. The number of hydrogen-bond donors (Lipinski definition) is 2. The molecule has 0 radical (unpaired) electrons. The lowest BCUT2D eigenvalue weighted by atomic mass is 10.2. The minimum Gasteiger partial charge on any atom is -0.465 e. The van der Waals surface area contributed by atoms with Gasteiger partial charge in [-0.05, 0) is 6.92 Å². The molecular formula is C8H15NO4. The van der Waals surface area contributed by atoms with E-state index in [2.05, 4.69) is 0 Å². The van der Waals surface area contributed by atoms with Crippen LogP contribution in [0.15, 0.2) is 0 Å². The van der Waals surface area contributed by atoms with Crippen LogP contribution in [-0.4, -0.2) is 53.1 Å². The minimum absolute atomic E-state index is 0.147. The number of ether oxygens (including phenoxy) is 1. The fraction of sp³-hybridized carbons (Fsp3) is 0.875. The van der Waals surface area contributed by atoms with E-state index in [1.165, 1.54) is 4.90 Å². The zero-order chi connectivity index (χ0) is 9.84. The molecule has 1 rings (SSSR count). The maximum Gasteiger partial charge on any atom is 0.407 e. The number of nitrogens with zero attached hydrogens (tertiary/aromatic N) is 1. The Bertz CT molecular complexity index is 185. The lowest BCUT2D eigenvalue weighted by Gasteiger charge is -2.20. The van der Waals surface area contributed by atoms with Crippen molar-refractivity contribution in [3.05, 3.63) is 0 Å². The lowest BCUT2D eigenvalue weighted by Crippen LogP contribution is -2.36. The van der Waals surface area contributed by atoms with Crippen LogP contribution < -0.4 is 0 Å². The molecule has 5 nitrogen and oxygen atoms in total. The number of rotatable bonds is 3. The molecule has 0 unspecified atom stereocenters. The van der Waals surface area contributed by atoms with E-state index < -0.39 is 12.2 Å². The van der Waals surface area contributed by atoms with Gasteiger partial charge in [-0.2, -0.15) is 0 Å². The van der Waals surface area contributed by atoms with Crippen LogP contribution in [0.4, 0.5) is 4.79 Å². The van der Waals surface area contributed by atoms with Crippen LogP contribution in [0, 0.1) is 0 Å². The van der Waals surface area contributed by atoms with Crippen LogP contribution in [0.3, 0.4) is 0 Å². The van der Waals surface area contributed by atoms with Crippen LogP contribution in [0.1, 0.15) is 13.3 Å². The molecule has 0 aliphatic carbocycles. The summed E-state index contributed by atoms with van der Waals surface area (Å²) in [4.78, 5) is 11.9. The molecule has 5 heteroatoms. The van der Waals surface area contributed by atoms with E-state index in [0.29, 0.717) is 26.1 Å². The number of aliphatic hydroxyl groups excluding tert-OH is 1. The molecule has 1 aliphatic heterocycles. The van der Waals surface area contributed by atoms with Crippen molar-refractivity contribution in [2.45, 2.75) is 25.6 Å². The number of aliphatic hydroxyl groups is 1. The van der Waals surface area contributed by atoms with Crippen molar-refractivity contribution in [1.29, 1.82) is 0 Å².